The van der Waals surface area contributed by atoms with Crippen LogP contribution in [0.5, 0.6) is 0 Å². The molecule has 13 rings (SSSR count). The number of hydrogen-bond donors (Lipinski definition) is 0. The van der Waals surface area contributed by atoms with Crippen molar-refractivity contribution in [3.05, 3.63) is 136 Å². The van der Waals surface area contributed by atoms with Gasteiger partial charge < -0.3 is 0 Å². The van der Waals surface area contributed by atoms with Crippen LogP contribution >= 0.6 is 0 Å². The van der Waals surface area contributed by atoms with Gasteiger partial charge in [-0.2, -0.15) is 0 Å². The second kappa shape index (κ2) is 6.03. The lowest BCUT2D eigenvalue weighted by atomic mass is 9.60. The van der Waals surface area contributed by atoms with E-state index in [9.17, 15) is 0 Å². The van der Waals surface area contributed by atoms with Crippen LogP contribution in [0.15, 0.2) is 97.1 Å². The molecule has 0 saturated heterocycles. The van der Waals surface area contributed by atoms with E-state index in [0.717, 1.165) is 6.42 Å². The maximum atomic E-state index is 2.49. The smallest absolute Gasteiger partial charge is 0.0667 e. The van der Waals surface area contributed by atoms with Crippen molar-refractivity contribution in [3.8, 4) is 11.1 Å². The molecule has 0 spiro atoms. The Morgan fingerprint density at radius 2 is 0.857 bits per heavy atom. The summed E-state index contributed by atoms with van der Waals surface area (Å²) in [5.41, 5.74) is 11.5. The molecule has 4 aliphatic rings. The standard InChI is InChI=1S/C42H19/c1-7-19-21-9-2-11-23-25-13-4-15-27-29-17-6-18-30-28-16-5-14-26-24-12-3-10-22-20(8-1)31(19)37-38(32(21)23)40(34(25)27)42(36(29)30)41(35(26)28)39(37)33(22)24/h1-5,7-18H,6H2. The van der Waals surface area contributed by atoms with Gasteiger partial charge in [0.2, 0.25) is 0 Å². The summed E-state index contributed by atoms with van der Waals surface area (Å²) in [6, 6.07) is 35.2. The minimum Gasteiger partial charge on any atom is -0.0722 e. The third kappa shape index (κ3) is 1.75. The molecular formula is C42H19. The summed E-state index contributed by atoms with van der Waals surface area (Å²) in [4.78, 5) is 0. The molecule has 0 heteroatoms. The molecular weight excluding hydrogens is 504 g/mol. The highest BCUT2D eigenvalue weighted by Gasteiger charge is 2.44. The first kappa shape index (κ1) is 19.8. The first-order valence-electron chi connectivity index (χ1n) is 15.1. The van der Waals surface area contributed by atoms with Gasteiger partial charge in [0, 0.05) is 0 Å². The Morgan fingerprint density at radius 1 is 0.333 bits per heavy atom. The lowest BCUT2D eigenvalue weighted by Crippen LogP contribution is -2.28. The molecule has 0 N–H and O–H groups in total. The van der Waals surface area contributed by atoms with Crippen molar-refractivity contribution in [2.45, 2.75) is 6.42 Å². The number of allylic oxidation sites excluding steroid dienone is 1. The molecule has 0 aliphatic heterocycles. The van der Waals surface area contributed by atoms with E-state index in [-0.39, 0.29) is 0 Å². The van der Waals surface area contributed by atoms with Crippen LogP contribution in [0.25, 0.3) is 98.2 Å². The Kier molecular flexibility index (Phi) is 2.84. The largest absolute Gasteiger partial charge is 0.0722 e. The van der Waals surface area contributed by atoms with Crippen molar-refractivity contribution in [2.24, 2.45) is 0 Å². The molecule has 1 radical (unpaired) electrons. The van der Waals surface area contributed by atoms with Crippen molar-refractivity contribution < 1.29 is 0 Å². The average molecular weight is 524 g/mol. The van der Waals surface area contributed by atoms with Crippen LogP contribution in [0, 0.1) is 5.92 Å². The SMILES string of the molecule is C1=C2c3cccc4c3[C]3c5c2c(c2cccc6c7cccc8c9cccc%10c%11cccc-4c%11c3c(c%109)c(c5c26)c78)=CC1. The molecule has 0 bridgehead atoms. The summed E-state index contributed by atoms with van der Waals surface area (Å²) in [5.74, 6) is 1.48. The highest BCUT2D eigenvalue weighted by Crippen LogP contribution is 2.63. The lowest BCUT2D eigenvalue weighted by Gasteiger charge is -2.41. The zero-order valence-electron chi connectivity index (χ0n) is 22.5. The van der Waals surface area contributed by atoms with E-state index >= 15 is 0 Å². The molecule has 0 aromatic heterocycles. The van der Waals surface area contributed by atoms with E-state index in [0.29, 0.717) is 0 Å². The molecule has 0 saturated carbocycles. The third-order valence-electron chi connectivity index (χ3n) is 11.2. The van der Waals surface area contributed by atoms with E-state index in [1.165, 1.54) is 131 Å². The molecule has 0 heterocycles. The number of hydrogen-bond acceptors (Lipinski definition) is 0. The summed E-state index contributed by atoms with van der Waals surface area (Å²) < 4.78 is 0. The van der Waals surface area contributed by atoms with Crippen molar-refractivity contribution in [3.63, 3.8) is 0 Å². The van der Waals surface area contributed by atoms with Gasteiger partial charge >= 0.3 is 0 Å². The summed E-state index contributed by atoms with van der Waals surface area (Å²) >= 11 is 0. The molecule has 42 heavy (non-hydrogen) atoms. The van der Waals surface area contributed by atoms with Crippen LogP contribution in [0.2, 0.25) is 0 Å². The van der Waals surface area contributed by atoms with Crippen LogP contribution in [0.1, 0.15) is 34.2 Å². The number of benzene rings is 9. The van der Waals surface area contributed by atoms with Crippen molar-refractivity contribution >= 4 is 87.1 Å². The Bertz CT molecular complexity index is 2970. The van der Waals surface area contributed by atoms with E-state index < -0.39 is 0 Å². The zero-order chi connectivity index (χ0) is 26.6. The fraction of sp³-hybridized carbons (Fsp3) is 0.0238. The Balaban J connectivity index is 1.55. The fourth-order valence-electron chi connectivity index (χ4n) is 10.0. The maximum absolute atomic E-state index is 2.49. The van der Waals surface area contributed by atoms with E-state index in [4.69, 9.17) is 0 Å². The minimum absolute atomic E-state index is 0.974. The highest BCUT2D eigenvalue weighted by atomic mass is 14.4. The minimum atomic E-state index is 0.974. The van der Waals surface area contributed by atoms with Crippen molar-refractivity contribution in [1.29, 1.82) is 0 Å². The molecule has 0 nitrogen and oxygen atoms in total. The average Bonchev–Trinajstić information content (AvgIpc) is 3.06. The molecule has 4 aliphatic carbocycles. The molecule has 187 valence electrons. The summed E-state index contributed by atoms with van der Waals surface area (Å²) in [6.07, 6.45) is 5.96. The monoisotopic (exact) mass is 523 g/mol. The van der Waals surface area contributed by atoms with Crippen molar-refractivity contribution in [1.82, 2.24) is 0 Å². The maximum Gasteiger partial charge on any atom is 0.0667 e. The van der Waals surface area contributed by atoms with Crippen LogP contribution in [0.4, 0.5) is 0 Å². The molecule has 0 unspecified atom stereocenters. The van der Waals surface area contributed by atoms with Gasteiger partial charge in [-0.3, -0.25) is 0 Å². The zero-order valence-corrected chi connectivity index (χ0v) is 22.5. The summed E-state index contributed by atoms with van der Waals surface area (Å²) in [6.45, 7) is 0. The predicted molar refractivity (Wildman–Crippen MR) is 178 cm³/mol. The lowest BCUT2D eigenvalue weighted by molar-refractivity contribution is 1.19. The van der Waals surface area contributed by atoms with Crippen molar-refractivity contribution in [2.75, 3.05) is 0 Å². The molecule has 9 aromatic rings. The first-order valence-corrected chi connectivity index (χ1v) is 15.1. The summed E-state index contributed by atoms with van der Waals surface area (Å²) in [7, 11) is 0. The van der Waals surface area contributed by atoms with Gasteiger partial charge in [-0.25, -0.2) is 0 Å². The summed E-state index contributed by atoms with van der Waals surface area (Å²) in [5, 5.41) is 21.4. The number of rotatable bonds is 0. The van der Waals surface area contributed by atoms with Crippen LogP contribution < -0.4 is 5.22 Å². The van der Waals surface area contributed by atoms with Gasteiger partial charge in [0.15, 0.2) is 0 Å². The van der Waals surface area contributed by atoms with Gasteiger partial charge in [-0.15, -0.1) is 0 Å². The van der Waals surface area contributed by atoms with E-state index in [1.807, 2.05) is 0 Å². The fourth-order valence-corrected chi connectivity index (χ4v) is 10.0. The van der Waals surface area contributed by atoms with E-state index in [1.54, 1.807) is 0 Å². The van der Waals surface area contributed by atoms with Gasteiger partial charge in [0.05, 0.1) is 5.92 Å². The molecule has 0 fully saturated rings. The van der Waals surface area contributed by atoms with Gasteiger partial charge in [0.1, 0.15) is 0 Å². The third-order valence-corrected chi connectivity index (χ3v) is 11.2. The Morgan fingerprint density at radius 3 is 1.60 bits per heavy atom. The van der Waals surface area contributed by atoms with Crippen LogP contribution in [-0.2, 0) is 0 Å². The topological polar surface area (TPSA) is 0 Å². The van der Waals surface area contributed by atoms with Gasteiger partial charge in [0.25, 0.3) is 0 Å². The first-order chi connectivity index (χ1) is 20.9. The van der Waals surface area contributed by atoms with Crippen LogP contribution in [-0.4, -0.2) is 0 Å². The van der Waals surface area contributed by atoms with Gasteiger partial charge in [-0.05, 0) is 132 Å². The normalized spacial score (nSPS) is 15.8. The van der Waals surface area contributed by atoms with E-state index in [2.05, 4.69) is 103 Å². The second-order valence-corrected chi connectivity index (χ2v) is 12.7. The highest BCUT2D eigenvalue weighted by molar-refractivity contribution is 6.48. The Hall–Kier alpha value is -5.20. The predicted octanol–water partition coefficient (Wildman–Crippen LogP) is 10.2. The van der Waals surface area contributed by atoms with Gasteiger partial charge in [-0.1, -0.05) is 103 Å². The van der Waals surface area contributed by atoms with Crippen LogP contribution in [0.3, 0.4) is 0 Å². The second-order valence-electron chi connectivity index (χ2n) is 12.7. The molecule has 0 atom stereocenters. The quantitative estimate of drug-likeness (QED) is 0.137. The molecule has 0 amide bonds. The number of fused-ring (bicyclic) bond motifs is 6. The Labute approximate surface area is 240 Å². The molecule has 9 aromatic carbocycles.